The third kappa shape index (κ3) is 4.55. The molecule has 132 valence electrons. The molecule has 0 aromatic heterocycles. The van der Waals surface area contributed by atoms with Gasteiger partial charge in [0, 0.05) is 17.9 Å². The van der Waals surface area contributed by atoms with E-state index >= 15 is 0 Å². The predicted octanol–water partition coefficient (Wildman–Crippen LogP) is 5.69. The minimum Gasteiger partial charge on any atom is -0.497 e. The normalized spacial score (nSPS) is 10.3. The van der Waals surface area contributed by atoms with E-state index in [9.17, 15) is 10.1 Å². The molecule has 3 aromatic carbocycles. The van der Waals surface area contributed by atoms with Crippen LogP contribution in [-0.2, 0) is 5.75 Å². The van der Waals surface area contributed by atoms with E-state index < -0.39 is 0 Å². The van der Waals surface area contributed by atoms with Gasteiger partial charge in [0.1, 0.15) is 17.2 Å². The number of nitro groups is 1. The van der Waals surface area contributed by atoms with Crippen LogP contribution in [0.3, 0.4) is 0 Å². The van der Waals surface area contributed by atoms with Gasteiger partial charge in [0.2, 0.25) is 0 Å². The van der Waals surface area contributed by atoms with Gasteiger partial charge < -0.3 is 9.47 Å². The molecule has 0 amide bonds. The zero-order valence-electron chi connectivity index (χ0n) is 14.1. The number of thioether (sulfide) groups is 1. The van der Waals surface area contributed by atoms with Gasteiger partial charge >= 0.3 is 0 Å². The monoisotopic (exact) mass is 367 g/mol. The second-order valence-electron chi connectivity index (χ2n) is 5.44. The van der Waals surface area contributed by atoms with Gasteiger partial charge in [-0.05, 0) is 35.9 Å². The van der Waals surface area contributed by atoms with Crippen LogP contribution in [0, 0.1) is 10.1 Å². The van der Waals surface area contributed by atoms with Gasteiger partial charge in [-0.2, -0.15) is 0 Å². The molecule has 3 aromatic rings. The zero-order valence-corrected chi connectivity index (χ0v) is 14.9. The maximum absolute atomic E-state index is 11.3. The number of nitro benzene ring substituents is 1. The summed E-state index contributed by atoms with van der Waals surface area (Å²) in [6, 6.07) is 21.8. The van der Waals surface area contributed by atoms with Crippen LogP contribution in [0.25, 0.3) is 0 Å². The van der Waals surface area contributed by atoms with E-state index in [1.807, 2.05) is 30.3 Å². The molecule has 0 fully saturated rings. The maximum Gasteiger partial charge on any atom is 0.283 e. The van der Waals surface area contributed by atoms with Crippen molar-refractivity contribution in [3.8, 4) is 17.2 Å². The summed E-state index contributed by atoms with van der Waals surface area (Å²) in [5.74, 6) is 2.57. The number of hydrogen-bond acceptors (Lipinski definition) is 5. The third-order valence-electron chi connectivity index (χ3n) is 3.66. The minimum absolute atomic E-state index is 0.0769. The molecule has 0 aliphatic rings. The lowest BCUT2D eigenvalue weighted by Crippen LogP contribution is -1.93. The molecule has 0 saturated carbocycles. The average molecular weight is 367 g/mol. The van der Waals surface area contributed by atoms with Crippen molar-refractivity contribution in [3.05, 3.63) is 88.5 Å². The second kappa shape index (κ2) is 8.40. The quantitative estimate of drug-likeness (QED) is 0.305. The first-order valence-electron chi connectivity index (χ1n) is 7.93. The third-order valence-corrected chi connectivity index (χ3v) is 4.78. The van der Waals surface area contributed by atoms with Gasteiger partial charge in [0.05, 0.1) is 16.9 Å². The van der Waals surface area contributed by atoms with Crippen LogP contribution < -0.4 is 9.47 Å². The van der Waals surface area contributed by atoms with E-state index in [2.05, 4.69) is 0 Å². The fourth-order valence-corrected chi connectivity index (χ4v) is 3.34. The predicted molar refractivity (Wildman–Crippen MR) is 102 cm³/mol. The lowest BCUT2D eigenvalue weighted by Gasteiger charge is -2.09. The van der Waals surface area contributed by atoms with E-state index in [1.165, 1.54) is 17.8 Å². The fraction of sp³-hybridized carbons (Fsp3) is 0.100. The van der Waals surface area contributed by atoms with Crippen LogP contribution in [0.15, 0.2) is 77.7 Å². The van der Waals surface area contributed by atoms with Crippen molar-refractivity contribution in [1.82, 2.24) is 0 Å². The van der Waals surface area contributed by atoms with Crippen molar-refractivity contribution in [2.45, 2.75) is 10.6 Å². The summed E-state index contributed by atoms with van der Waals surface area (Å²) >= 11 is 1.42. The Morgan fingerprint density at radius 1 is 0.923 bits per heavy atom. The molecule has 26 heavy (non-hydrogen) atoms. The van der Waals surface area contributed by atoms with Gasteiger partial charge in [0.25, 0.3) is 5.69 Å². The van der Waals surface area contributed by atoms with E-state index in [1.54, 1.807) is 43.5 Å². The van der Waals surface area contributed by atoms with Gasteiger partial charge in [0.15, 0.2) is 0 Å². The first-order chi connectivity index (χ1) is 12.7. The molecule has 0 bridgehead atoms. The van der Waals surface area contributed by atoms with Crippen LogP contribution in [0.4, 0.5) is 5.69 Å². The number of ether oxygens (including phenoxy) is 2. The van der Waals surface area contributed by atoms with E-state index in [0.717, 1.165) is 11.3 Å². The zero-order chi connectivity index (χ0) is 18.4. The summed E-state index contributed by atoms with van der Waals surface area (Å²) in [5.41, 5.74) is 1.18. The summed E-state index contributed by atoms with van der Waals surface area (Å²) in [6.07, 6.45) is 0. The van der Waals surface area contributed by atoms with Gasteiger partial charge in [-0.15, -0.1) is 11.8 Å². The van der Waals surface area contributed by atoms with Gasteiger partial charge in [-0.25, -0.2) is 0 Å². The van der Waals surface area contributed by atoms with Crippen molar-refractivity contribution in [3.63, 3.8) is 0 Å². The molecular weight excluding hydrogens is 350 g/mol. The lowest BCUT2D eigenvalue weighted by atomic mass is 10.2. The summed E-state index contributed by atoms with van der Waals surface area (Å²) in [7, 11) is 1.60. The molecule has 0 radical (unpaired) electrons. The summed E-state index contributed by atoms with van der Waals surface area (Å²) < 4.78 is 10.9. The highest BCUT2D eigenvalue weighted by Gasteiger charge is 2.15. The van der Waals surface area contributed by atoms with Crippen LogP contribution in [0.5, 0.6) is 17.2 Å². The molecule has 0 aliphatic carbocycles. The molecule has 3 rings (SSSR count). The standard InChI is InChI=1S/C20H17NO4S/c1-24-16-7-9-17(10-8-16)25-18-11-12-19(21(22)23)20(13-18)26-14-15-5-3-2-4-6-15/h2-13H,14H2,1H3. The number of benzene rings is 3. The summed E-state index contributed by atoms with van der Waals surface area (Å²) in [5, 5.41) is 11.3. The Morgan fingerprint density at radius 3 is 2.23 bits per heavy atom. The molecule has 0 atom stereocenters. The maximum atomic E-state index is 11.3. The smallest absolute Gasteiger partial charge is 0.283 e. The topological polar surface area (TPSA) is 61.6 Å². The SMILES string of the molecule is COc1ccc(Oc2ccc([N+](=O)[O-])c(SCc3ccccc3)c2)cc1. The molecule has 0 aliphatic heterocycles. The Kier molecular flexibility index (Phi) is 5.76. The lowest BCUT2D eigenvalue weighted by molar-refractivity contribution is -0.387. The Hall–Kier alpha value is -2.99. The highest BCUT2D eigenvalue weighted by atomic mass is 32.2. The molecule has 0 heterocycles. The van der Waals surface area contributed by atoms with Gasteiger partial charge in [-0.3, -0.25) is 10.1 Å². The number of nitrogens with zero attached hydrogens (tertiary/aromatic N) is 1. The molecular formula is C20H17NO4S. The molecule has 6 heteroatoms. The minimum atomic E-state index is -0.371. The number of methoxy groups -OCH3 is 1. The van der Waals surface area contributed by atoms with E-state index in [0.29, 0.717) is 22.1 Å². The molecule has 0 spiro atoms. The molecule has 0 saturated heterocycles. The van der Waals surface area contributed by atoms with Crippen molar-refractivity contribution in [2.24, 2.45) is 0 Å². The molecule has 0 N–H and O–H groups in total. The van der Waals surface area contributed by atoms with Crippen molar-refractivity contribution in [2.75, 3.05) is 7.11 Å². The van der Waals surface area contributed by atoms with Crippen LogP contribution >= 0.6 is 11.8 Å². The largest absolute Gasteiger partial charge is 0.497 e. The van der Waals surface area contributed by atoms with Crippen LogP contribution in [0.2, 0.25) is 0 Å². The number of hydrogen-bond donors (Lipinski definition) is 0. The Labute approximate surface area is 155 Å². The highest BCUT2D eigenvalue weighted by Crippen LogP contribution is 2.36. The van der Waals surface area contributed by atoms with Crippen molar-refractivity contribution >= 4 is 17.4 Å². The molecule has 5 nitrogen and oxygen atoms in total. The van der Waals surface area contributed by atoms with Crippen molar-refractivity contribution < 1.29 is 14.4 Å². The average Bonchev–Trinajstić information content (AvgIpc) is 2.68. The molecule has 0 unspecified atom stereocenters. The number of rotatable bonds is 7. The Bertz CT molecular complexity index is 882. The first-order valence-corrected chi connectivity index (χ1v) is 8.91. The highest BCUT2D eigenvalue weighted by molar-refractivity contribution is 7.98. The van der Waals surface area contributed by atoms with Crippen LogP contribution in [-0.4, -0.2) is 12.0 Å². The first kappa shape index (κ1) is 17.8. The summed E-state index contributed by atoms with van der Waals surface area (Å²) in [6.45, 7) is 0. The summed E-state index contributed by atoms with van der Waals surface area (Å²) in [4.78, 5) is 11.5. The Balaban J connectivity index is 1.79. The van der Waals surface area contributed by atoms with Crippen LogP contribution in [0.1, 0.15) is 5.56 Å². The van der Waals surface area contributed by atoms with Gasteiger partial charge in [-0.1, -0.05) is 30.3 Å². The second-order valence-corrected chi connectivity index (χ2v) is 6.46. The Morgan fingerprint density at radius 2 is 1.58 bits per heavy atom. The van der Waals surface area contributed by atoms with E-state index in [-0.39, 0.29) is 10.6 Å². The fourth-order valence-electron chi connectivity index (χ4n) is 2.34. The van der Waals surface area contributed by atoms with Crippen molar-refractivity contribution in [1.29, 1.82) is 0 Å². The van der Waals surface area contributed by atoms with E-state index in [4.69, 9.17) is 9.47 Å².